The molecule has 5 heterocycles. The standard InChI is InChI=1S/C24H28F2N4O2/c1-14-19-13-32-24(2,3)9-17(19)18-11-30(12-21(18)28-14)23(31)15-5-7-29(10-15)16-4-6-27-20(8-16)22(25)26/h4,6,8,15,22H,5,7,9-13H2,1-3H3/t15-/m1/s1. The summed E-state index contributed by atoms with van der Waals surface area (Å²) in [6, 6.07) is 3.15. The maximum absolute atomic E-state index is 13.4. The number of nitrogens with zero attached hydrogens (tertiary/aromatic N) is 4. The number of fused-ring (bicyclic) bond motifs is 3. The Morgan fingerprint density at radius 2 is 2.06 bits per heavy atom. The van der Waals surface area contributed by atoms with Crippen molar-refractivity contribution >= 4 is 11.6 Å². The number of rotatable bonds is 3. The van der Waals surface area contributed by atoms with Crippen molar-refractivity contribution in [2.45, 2.75) is 65.3 Å². The number of carbonyl (C=O) groups excluding carboxylic acids is 1. The first-order chi connectivity index (χ1) is 15.2. The summed E-state index contributed by atoms with van der Waals surface area (Å²) in [5.74, 6) is -0.0319. The monoisotopic (exact) mass is 442 g/mol. The molecule has 1 atom stereocenters. The minimum atomic E-state index is -2.60. The van der Waals surface area contributed by atoms with Gasteiger partial charge in [-0.15, -0.1) is 0 Å². The van der Waals surface area contributed by atoms with Crippen LogP contribution in [0.3, 0.4) is 0 Å². The van der Waals surface area contributed by atoms with Crippen LogP contribution < -0.4 is 4.90 Å². The van der Waals surface area contributed by atoms with Crippen LogP contribution >= 0.6 is 0 Å². The highest BCUT2D eigenvalue weighted by molar-refractivity contribution is 5.81. The molecule has 0 bridgehead atoms. The number of anilines is 1. The van der Waals surface area contributed by atoms with Crippen molar-refractivity contribution in [1.29, 1.82) is 0 Å². The predicted octanol–water partition coefficient (Wildman–Crippen LogP) is 3.94. The van der Waals surface area contributed by atoms with Crippen LogP contribution in [-0.4, -0.2) is 39.5 Å². The lowest BCUT2D eigenvalue weighted by atomic mass is 9.88. The second kappa shape index (κ2) is 7.76. The van der Waals surface area contributed by atoms with Crippen LogP contribution in [0.25, 0.3) is 0 Å². The van der Waals surface area contributed by atoms with E-state index in [1.54, 1.807) is 6.07 Å². The summed E-state index contributed by atoms with van der Waals surface area (Å²) in [5.41, 5.74) is 5.87. The van der Waals surface area contributed by atoms with Gasteiger partial charge in [0.1, 0.15) is 5.69 Å². The summed E-state index contributed by atoms with van der Waals surface area (Å²) in [6.45, 7) is 9.09. The number of alkyl halides is 2. The summed E-state index contributed by atoms with van der Waals surface area (Å²) >= 11 is 0. The molecule has 1 saturated heterocycles. The van der Waals surface area contributed by atoms with E-state index in [1.165, 1.54) is 23.4 Å². The number of hydrogen-bond acceptors (Lipinski definition) is 5. The average molecular weight is 443 g/mol. The van der Waals surface area contributed by atoms with Gasteiger partial charge in [0.2, 0.25) is 5.91 Å². The maximum atomic E-state index is 13.4. The van der Waals surface area contributed by atoms with Crippen molar-refractivity contribution in [3.8, 4) is 0 Å². The molecular weight excluding hydrogens is 414 g/mol. The molecule has 0 aliphatic carbocycles. The Bertz CT molecular complexity index is 1070. The van der Waals surface area contributed by atoms with Crippen LogP contribution in [0.4, 0.5) is 14.5 Å². The first kappa shape index (κ1) is 21.2. The molecule has 2 aromatic heterocycles. The van der Waals surface area contributed by atoms with Crippen LogP contribution in [0.1, 0.15) is 60.5 Å². The zero-order valence-electron chi connectivity index (χ0n) is 18.7. The molecule has 0 aromatic carbocycles. The molecule has 3 aliphatic rings. The predicted molar refractivity (Wildman–Crippen MR) is 115 cm³/mol. The van der Waals surface area contributed by atoms with E-state index in [2.05, 4.69) is 18.8 Å². The van der Waals surface area contributed by atoms with Gasteiger partial charge in [0.15, 0.2) is 0 Å². The molecule has 1 amide bonds. The number of carbonyl (C=O) groups is 1. The van der Waals surface area contributed by atoms with Gasteiger partial charge >= 0.3 is 0 Å². The molecule has 0 saturated carbocycles. The fourth-order valence-electron chi connectivity index (χ4n) is 5.17. The van der Waals surface area contributed by atoms with Crippen molar-refractivity contribution in [2.24, 2.45) is 5.92 Å². The van der Waals surface area contributed by atoms with Crippen molar-refractivity contribution in [1.82, 2.24) is 14.9 Å². The maximum Gasteiger partial charge on any atom is 0.280 e. The Labute approximate surface area is 186 Å². The van der Waals surface area contributed by atoms with Crippen molar-refractivity contribution in [2.75, 3.05) is 18.0 Å². The Balaban J connectivity index is 1.31. The molecule has 32 heavy (non-hydrogen) atoms. The molecule has 8 heteroatoms. The Morgan fingerprint density at radius 3 is 2.84 bits per heavy atom. The van der Waals surface area contributed by atoms with E-state index in [1.807, 2.05) is 16.7 Å². The van der Waals surface area contributed by atoms with E-state index in [-0.39, 0.29) is 23.1 Å². The van der Waals surface area contributed by atoms with Crippen molar-refractivity contribution in [3.63, 3.8) is 0 Å². The molecule has 5 rings (SSSR count). The van der Waals surface area contributed by atoms with Gasteiger partial charge in [0, 0.05) is 49.2 Å². The summed E-state index contributed by atoms with van der Waals surface area (Å²) in [5, 5.41) is 0. The lowest BCUT2D eigenvalue weighted by molar-refractivity contribution is -0.135. The van der Waals surface area contributed by atoms with Gasteiger partial charge < -0.3 is 14.5 Å². The number of pyridine rings is 2. The molecule has 6 nitrogen and oxygen atoms in total. The Kier molecular flexibility index (Phi) is 5.15. The van der Waals surface area contributed by atoms with E-state index >= 15 is 0 Å². The molecule has 170 valence electrons. The average Bonchev–Trinajstić information content (AvgIpc) is 3.40. The van der Waals surface area contributed by atoms with Crippen LogP contribution in [0.15, 0.2) is 18.3 Å². The minimum Gasteiger partial charge on any atom is -0.371 e. The highest BCUT2D eigenvalue weighted by atomic mass is 19.3. The zero-order valence-corrected chi connectivity index (χ0v) is 18.7. The highest BCUT2D eigenvalue weighted by Crippen LogP contribution is 2.37. The van der Waals surface area contributed by atoms with Gasteiger partial charge in [-0.3, -0.25) is 14.8 Å². The number of halogens is 2. The number of aryl methyl sites for hydroxylation is 1. The number of hydrogen-bond donors (Lipinski definition) is 0. The molecule has 1 fully saturated rings. The van der Waals surface area contributed by atoms with Crippen molar-refractivity contribution < 1.29 is 18.3 Å². The molecule has 0 N–H and O–H groups in total. The molecular formula is C24H28F2N4O2. The fraction of sp³-hybridized carbons (Fsp3) is 0.542. The van der Waals surface area contributed by atoms with Crippen LogP contribution in [-0.2, 0) is 35.6 Å². The van der Waals surface area contributed by atoms with Gasteiger partial charge in [-0.1, -0.05) is 0 Å². The highest BCUT2D eigenvalue weighted by Gasteiger charge is 2.38. The van der Waals surface area contributed by atoms with E-state index in [0.717, 1.165) is 23.4 Å². The molecule has 0 spiro atoms. The third-order valence-electron chi connectivity index (χ3n) is 6.92. The lowest BCUT2D eigenvalue weighted by Gasteiger charge is -2.33. The van der Waals surface area contributed by atoms with Gasteiger partial charge in [0.25, 0.3) is 6.43 Å². The first-order valence-corrected chi connectivity index (χ1v) is 11.1. The van der Waals surface area contributed by atoms with Gasteiger partial charge in [0.05, 0.1) is 30.4 Å². The molecule has 0 unspecified atom stereocenters. The van der Waals surface area contributed by atoms with E-state index in [4.69, 9.17) is 9.72 Å². The minimum absolute atomic E-state index is 0.117. The first-order valence-electron chi connectivity index (χ1n) is 11.1. The largest absolute Gasteiger partial charge is 0.371 e. The number of amides is 1. The lowest BCUT2D eigenvalue weighted by Crippen LogP contribution is -2.34. The van der Waals surface area contributed by atoms with Gasteiger partial charge in [-0.2, -0.15) is 0 Å². The number of aromatic nitrogens is 2. The molecule has 2 aromatic rings. The van der Waals surface area contributed by atoms with Crippen LogP contribution in [0.2, 0.25) is 0 Å². The van der Waals surface area contributed by atoms with Crippen LogP contribution in [0.5, 0.6) is 0 Å². The Hall–Kier alpha value is -2.61. The van der Waals surface area contributed by atoms with Gasteiger partial charge in [-0.05, 0) is 50.5 Å². The number of ether oxygens (including phenoxy) is 1. The van der Waals surface area contributed by atoms with Gasteiger partial charge in [-0.25, -0.2) is 8.78 Å². The van der Waals surface area contributed by atoms with E-state index in [9.17, 15) is 13.6 Å². The summed E-state index contributed by atoms with van der Waals surface area (Å²) in [7, 11) is 0. The normalized spacial score (nSPS) is 21.8. The summed E-state index contributed by atoms with van der Waals surface area (Å²) < 4.78 is 32.0. The summed E-state index contributed by atoms with van der Waals surface area (Å²) in [6.07, 6.45) is 0.340. The topological polar surface area (TPSA) is 58.6 Å². The second-order valence-electron chi connectivity index (χ2n) is 9.67. The fourth-order valence-corrected chi connectivity index (χ4v) is 5.17. The SMILES string of the molecule is Cc1nc2c(c3c1COC(C)(C)C3)CN(C(=O)[C@@H]1CCN(c3ccnc(C(F)F)c3)C1)C2. The third-order valence-corrected chi connectivity index (χ3v) is 6.92. The van der Waals surface area contributed by atoms with E-state index < -0.39 is 6.43 Å². The zero-order chi connectivity index (χ0) is 22.6. The van der Waals surface area contributed by atoms with E-state index in [0.29, 0.717) is 44.9 Å². The molecule has 3 aliphatic heterocycles. The van der Waals surface area contributed by atoms with Crippen LogP contribution in [0, 0.1) is 12.8 Å². The Morgan fingerprint density at radius 1 is 1.25 bits per heavy atom. The molecule has 0 radical (unpaired) electrons. The second-order valence-corrected chi connectivity index (χ2v) is 9.67. The summed E-state index contributed by atoms with van der Waals surface area (Å²) in [4.78, 5) is 25.8. The smallest absolute Gasteiger partial charge is 0.280 e. The van der Waals surface area contributed by atoms with Crippen molar-refractivity contribution in [3.05, 3.63) is 52.1 Å². The third kappa shape index (κ3) is 3.74. The quantitative estimate of drug-likeness (QED) is 0.721.